The van der Waals surface area contributed by atoms with E-state index >= 15 is 0 Å². The van der Waals surface area contributed by atoms with Crippen molar-refractivity contribution in [2.75, 3.05) is 13.1 Å². The molecule has 0 amide bonds. The molecule has 2 unspecified atom stereocenters. The molecule has 1 heteroatoms. The van der Waals surface area contributed by atoms with Gasteiger partial charge in [0.25, 0.3) is 0 Å². The zero-order valence-electron chi connectivity index (χ0n) is 9.71. The minimum absolute atomic E-state index is 0.723. The van der Waals surface area contributed by atoms with Gasteiger partial charge in [-0.15, -0.1) is 0 Å². The Kier molecular flexibility index (Phi) is 4.24. The largest absolute Gasteiger partial charge is 0.301 e. The van der Waals surface area contributed by atoms with Crippen molar-refractivity contribution in [1.29, 1.82) is 0 Å². The van der Waals surface area contributed by atoms with E-state index in [1.54, 1.807) is 0 Å². The molecule has 0 bridgehead atoms. The van der Waals surface area contributed by atoms with E-state index < -0.39 is 0 Å². The molecule has 1 fully saturated rings. The van der Waals surface area contributed by atoms with Crippen LogP contribution in [0.1, 0.15) is 47.0 Å². The summed E-state index contributed by atoms with van der Waals surface area (Å²) in [5.41, 5.74) is 0. The molecule has 0 spiro atoms. The van der Waals surface area contributed by atoms with Gasteiger partial charge >= 0.3 is 0 Å². The smallest absolute Gasteiger partial charge is 0.00385 e. The monoisotopic (exact) mass is 183 g/mol. The summed E-state index contributed by atoms with van der Waals surface area (Å²) < 4.78 is 0. The molecule has 2 atom stereocenters. The van der Waals surface area contributed by atoms with Crippen molar-refractivity contribution in [3.63, 3.8) is 0 Å². The lowest BCUT2D eigenvalue weighted by atomic mass is 10.1. The molecule has 0 aromatic carbocycles. The van der Waals surface area contributed by atoms with Crippen molar-refractivity contribution in [3.05, 3.63) is 0 Å². The van der Waals surface area contributed by atoms with Crippen LogP contribution in [0.5, 0.6) is 0 Å². The minimum Gasteiger partial charge on any atom is -0.301 e. The van der Waals surface area contributed by atoms with Crippen LogP contribution >= 0.6 is 0 Å². The van der Waals surface area contributed by atoms with Gasteiger partial charge in [-0.05, 0) is 45.1 Å². The van der Waals surface area contributed by atoms with Crippen LogP contribution < -0.4 is 0 Å². The van der Waals surface area contributed by atoms with E-state index in [-0.39, 0.29) is 0 Å². The van der Waals surface area contributed by atoms with Crippen molar-refractivity contribution in [2.24, 2.45) is 11.8 Å². The lowest BCUT2D eigenvalue weighted by molar-refractivity contribution is 0.196. The van der Waals surface area contributed by atoms with Crippen LogP contribution in [-0.2, 0) is 0 Å². The second kappa shape index (κ2) is 4.99. The van der Waals surface area contributed by atoms with Crippen molar-refractivity contribution in [2.45, 2.75) is 53.0 Å². The quantitative estimate of drug-likeness (QED) is 0.647. The van der Waals surface area contributed by atoms with Crippen LogP contribution in [0.25, 0.3) is 0 Å². The van der Waals surface area contributed by atoms with Gasteiger partial charge in [0.05, 0.1) is 0 Å². The molecule has 0 radical (unpaired) electrons. The molecule has 1 nitrogen and oxygen atoms in total. The summed E-state index contributed by atoms with van der Waals surface area (Å²) in [6.45, 7) is 11.8. The van der Waals surface area contributed by atoms with Gasteiger partial charge in [-0.1, -0.05) is 20.3 Å². The zero-order valence-corrected chi connectivity index (χ0v) is 9.71. The SMILES string of the molecule is CCN(CC1CCC(C)C1)C(C)C. The van der Waals surface area contributed by atoms with Crippen molar-refractivity contribution in [3.8, 4) is 0 Å². The van der Waals surface area contributed by atoms with Gasteiger partial charge in [-0.25, -0.2) is 0 Å². The van der Waals surface area contributed by atoms with E-state index in [0.717, 1.165) is 17.9 Å². The Morgan fingerprint density at radius 2 is 2.00 bits per heavy atom. The van der Waals surface area contributed by atoms with E-state index in [1.807, 2.05) is 0 Å². The highest BCUT2D eigenvalue weighted by Gasteiger charge is 2.23. The minimum atomic E-state index is 0.723. The second-order valence-electron chi connectivity index (χ2n) is 4.97. The molecular weight excluding hydrogens is 158 g/mol. The standard InChI is InChI=1S/C12H25N/c1-5-13(10(2)3)9-12-7-6-11(4)8-12/h10-12H,5-9H2,1-4H3. The predicted octanol–water partition coefficient (Wildman–Crippen LogP) is 3.15. The summed E-state index contributed by atoms with van der Waals surface area (Å²) in [7, 11) is 0. The maximum absolute atomic E-state index is 2.60. The lowest BCUT2D eigenvalue weighted by Gasteiger charge is -2.27. The first kappa shape index (κ1) is 11.0. The van der Waals surface area contributed by atoms with Crippen LogP contribution in [-0.4, -0.2) is 24.0 Å². The molecule has 0 aromatic rings. The van der Waals surface area contributed by atoms with Gasteiger partial charge in [0.1, 0.15) is 0 Å². The molecule has 0 saturated heterocycles. The van der Waals surface area contributed by atoms with Crippen LogP contribution in [0.2, 0.25) is 0 Å². The normalized spacial score (nSPS) is 29.1. The van der Waals surface area contributed by atoms with E-state index in [9.17, 15) is 0 Å². The predicted molar refractivity (Wildman–Crippen MR) is 58.9 cm³/mol. The molecule has 78 valence electrons. The Morgan fingerprint density at radius 3 is 2.38 bits per heavy atom. The van der Waals surface area contributed by atoms with Crippen molar-refractivity contribution >= 4 is 0 Å². The van der Waals surface area contributed by atoms with Crippen LogP contribution in [0.3, 0.4) is 0 Å². The van der Waals surface area contributed by atoms with Crippen LogP contribution in [0, 0.1) is 11.8 Å². The molecule has 1 rings (SSSR count). The van der Waals surface area contributed by atoms with Gasteiger partial charge in [-0.2, -0.15) is 0 Å². The highest BCUT2D eigenvalue weighted by molar-refractivity contribution is 4.76. The van der Waals surface area contributed by atoms with E-state index in [2.05, 4.69) is 32.6 Å². The maximum Gasteiger partial charge on any atom is 0.00385 e. The summed E-state index contributed by atoms with van der Waals surface area (Å²) in [4.78, 5) is 2.60. The Hall–Kier alpha value is -0.0400. The molecule has 1 saturated carbocycles. The summed E-state index contributed by atoms with van der Waals surface area (Å²) in [6, 6.07) is 0.723. The van der Waals surface area contributed by atoms with Crippen LogP contribution in [0.15, 0.2) is 0 Å². The van der Waals surface area contributed by atoms with Gasteiger partial charge in [0.15, 0.2) is 0 Å². The molecule has 0 aromatic heterocycles. The molecule has 1 aliphatic carbocycles. The average Bonchev–Trinajstić information content (AvgIpc) is 2.46. The maximum atomic E-state index is 2.60. The number of rotatable bonds is 4. The second-order valence-corrected chi connectivity index (χ2v) is 4.97. The molecule has 1 aliphatic rings. The molecule has 0 N–H and O–H groups in total. The van der Waals surface area contributed by atoms with E-state index in [4.69, 9.17) is 0 Å². The molecule has 0 heterocycles. The van der Waals surface area contributed by atoms with Crippen molar-refractivity contribution < 1.29 is 0 Å². The van der Waals surface area contributed by atoms with Crippen LogP contribution in [0.4, 0.5) is 0 Å². The number of nitrogens with zero attached hydrogens (tertiary/aromatic N) is 1. The third-order valence-corrected chi connectivity index (χ3v) is 3.43. The third kappa shape index (κ3) is 3.30. The fraction of sp³-hybridized carbons (Fsp3) is 1.00. The molecular formula is C12H25N. The lowest BCUT2D eigenvalue weighted by Crippen LogP contribution is -2.34. The summed E-state index contributed by atoms with van der Waals surface area (Å²) >= 11 is 0. The summed E-state index contributed by atoms with van der Waals surface area (Å²) in [5, 5.41) is 0. The first-order valence-corrected chi connectivity index (χ1v) is 5.87. The Balaban J connectivity index is 2.30. The molecule has 0 aliphatic heterocycles. The summed E-state index contributed by atoms with van der Waals surface area (Å²) in [6.07, 6.45) is 4.38. The topological polar surface area (TPSA) is 3.24 Å². The Morgan fingerprint density at radius 1 is 1.31 bits per heavy atom. The van der Waals surface area contributed by atoms with E-state index in [1.165, 1.54) is 32.4 Å². The fourth-order valence-corrected chi connectivity index (χ4v) is 2.53. The van der Waals surface area contributed by atoms with Gasteiger partial charge in [-0.3, -0.25) is 0 Å². The fourth-order valence-electron chi connectivity index (χ4n) is 2.53. The van der Waals surface area contributed by atoms with Gasteiger partial charge in [0, 0.05) is 12.6 Å². The van der Waals surface area contributed by atoms with Crippen molar-refractivity contribution in [1.82, 2.24) is 4.90 Å². The third-order valence-electron chi connectivity index (χ3n) is 3.43. The molecule has 13 heavy (non-hydrogen) atoms. The Bertz CT molecular complexity index is 142. The highest BCUT2D eigenvalue weighted by Crippen LogP contribution is 2.31. The number of hydrogen-bond donors (Lipinski definition) is 0. The first-order valence-electron chi connectivity index (χ1n) is 5.87. The zero-order chi connectivity index (χ0) is 9.84. The highest BCUT2D eigenvalue weighted by atomic mass is 15.1. The first-order chi connectivity index (χ1) is 6.13. The van der Waals surface area contributed by atoms with Gasteiger partial charge < -0.3 is 4.90 Å². The average molecular weight is 183 g/mol. The summed E-state index contributed by atoms with van der Waals surface area (Å²) in [5.74, 6) is 1.97. The van der Waals surface area contributed by atoms with E-state index in [0.29, 0.717) is 0 Å². The van der Waals surface area contributed by atoms with Gasteiger partial charge in [0.2, 0.25) is 0 Å². The number of hydrogen-bond acceptors (Lipinski definition) is 1. The Labute approximate surface area is 83.5 Å².